The third kappa shape index (κ3) is 3.45. The summed E-state index contributed by atoms with van der Waals surface area (Å²) in [6.45, 7) is 0.161. The molecule has 2 aromatic heterocycles. The van der Waals surface area contributed by atoms with Crippen molar-refractivity contribution in [3.05, 3.63) is 71.7 Å². The van der Waals surface area contributed by atoms with Gasteiger partial charge in [0, 0.05) is 0 Å². The molecule has 10 heteroatoms. The summed E-state index contributed by atoms with van der Waals surface area (Å²) in [6, 6.07) is 11.5. The number of furan rings is 1. The molecular weight excluding hydrogens is 415 g/mol. The highest BCUT2D eigenvalue weighted by Crippen LogP contribution is 2.36. The summed E-state index contributed by atoms with van der Waals surface area (Å²) in [5.41, 5.74) is -0.0957. The first-order chi connectivity index (χ1) is 14.9. The van der Waals surface area contributed by atoms with Gasteiger partial charge in [0.05, 0.1) is 35.0 Å². The minimum atomic E-state index is -4.51. The number of nitrogens with zero attached hydrogens (tertiary/aromatic N) is 2. The Hall–Kier alpha value is -3.95. The minimum absolute atomic E-state index is 0.00312. The van der Waals surface area contributed by atoms with Gasteiger partial charge in [-0.05, 0) is 42.5 Å². The number of nitrogens with one attached hydrogen (secondary N) is 1. The monoisotopic (exact) mass is 429 g/mol. The first kappa shape index (κ1) is 19.0. The Morgan fingerprint density at radius 3 is 2.77 bits per heavy atom. The number of fused-ring (bicyclic) bond motifs is 2. The molecule has 0 unspecified atom stereocenters. The van der Waals surface area contributed by atoms with Crippen molar-refractivity contribution < 1.29 is 31.9 Å². The number of ether oxygens (including phenoxy) is 2. The lowest BCUT2D eigenvalue weighted by Gasteiger charge is -2.10. The largest absolute Gasteiger partial charge is 0.467 e. The highest BCUT2D eigenvalue weighted by molar-refractivity contribution is 6.06. The molecule has 0 saturated heterocycles. The molecule has 1 amide bonds. The summed E-state index contributed by atoms with van der Waals surface area (Å²) in [5.74, 6) is 0.827. The van der Waals surface area contributed by atoms with Crippen LogP contribution in [0.25, 0.3) is 11.0 Å². The topological polar surface area (TPSA) is 78.5 Å². The maximum absolute atomic E-state index is 13.1. The molecule has 158 valence electrons. The Balaban J connectivity index is 1.56. The summed E-state index contributed by atoms with van der Waals surface area (Å²) >= 11 is 0. The number of amides is 1. The summed E-state index contributed by atoms with van der Waals surface area (Å²) < 4.78 is 57.0. The number of hydrogen-bond acceptors (Lipinski definition) is 5. The Bertz CT molecular complexity index is 1280. The van der Waals surface area contributed by atoms with E-state index in [0.717, 1.165) is 12.1 Å². The number of anilines is 1. The Morgan fingerprint density at radius 1 is 1.13 bits per heavy atom. The Kier molecular flexibility index (Phi) is 4.35. The van der Waals surface area contributed by atoms with Gasteiger partial charge in [-0.1, -0.05) is 6.07 Å². The van der Waals surface area contributed by atoms with Gasteiger partial charge >= 0.3 is 6.18 Å². The van der Waals surface area contributed by atoms with Crippen molar-refractivity contribution in [1.82, 2.24) is 9.55 Å². The molecule has 0 saturated carbocycles. The maximum Gasteiger partial charge on any atom is 0.416 e. The second kappa shape index (κ2) is 7.08. The zero-order chi connectivity index (χ0) is 21.6. The molecule has 3 heterocycles. The number of carbonyl (C=O) groups excluding carboxylic acids is 1. The Labute approximate surface area is 173 Å². The fraction of sp³-hybridized carbons (Fsp3) is 0.143. The Morgan fingerprint density at radius 2 is 2.00 bits per heavy atom. The molecule has 0 radical (unpaired) electrons. The molecule has 1 aliphatic heterocycles. The SMILES string of the molecule is O=C(Nc1nc2cc(C(F)(F)F)ccc2n1Cc1ccco1)c1cccc2c1OCO2. The molecule has 0 aliphatic carbocycles. The molecule has 0 fully saturated rings. The van der Waals surface area contributed by atoms with Gasteiger partial charge in [-0.25, -0.2) is 4.98 Å². The van der Waals surface area contributed by atoms with Gasteiger partial charge in [-0.2, -0.15) is 13.2 Å². The van der Waals surface area contributed by atoms with Gasteiger partial charge in [-0.3, -0.25) is 10.1 Å². The summed E-state index contributed by atoms with van der Waals surface area (Å²) in [7, 11) is 0. The van der Waals surface area contributed by atoms with Crippen LogP contribution in [0.1, 0.15) is 21.7 Å². The summed E-state index contributed by atoms with van der Waals surface area (Å²) in [5, 5.41) is 2.67. The third-order valence-corrected chi connectivity index (χ3v) is 4.84. The van der Waals surface area contributed by atoms with Crippen LogP contribution in [-0.4, -0.2) is 22.3 Å². The number of halogens is 3. The molecule has 0 atom stereocenters. The van der Waals surface area contributed by atoms with Gasteiger partial charge in [0.2, 0.25) is 12.7 Å². The maximum atomic E-state index is 13.1. The smallest absolute Gasteiger partial charge is 0.416 e. The summed E-state index contributed by atoms with van der Waals surface area (Å²) in [6.07, 6.45) is -3.02. The van der Waals surface area contributed by atoms with Crippen LogP contribution >= 0.6 is 0 Å². The average Bonchev–Trinajstić information content (AvgIpc) is 3.47. The zero-order valence-corrected chi connectivity index (χ0v) is 15.8. The van der Waals surface area contributed by atoms with E-state index in [1.807, 2.05) is 0 Å². The van der Waals surface area contributed by atoms with Crippen molar-refractivity contribution in [2.75, 3.05) is 12.1 Å². The molecule has 0 bridgehead atoms. The number of hydrogen-bond donors (Lipinski definition) is 1. The third-order valence-electron chi connectivity index (χ3n) is 4.84. The van der Waals surface area contributed by atoms with Crippen LogP contribution in [-0.2, 0) is 12.7 Å². The molecule has 1 aliphatic rings. The first-order valence-corrected chi connectivity index (χ1v) is 9.20. The average molecular weight is 429 g/mol. The second-order valence-corrected chi connectivity index (χ2v) is 6.80. The quantitative estimate of drug-likeness (QED) is 0.510. The van der Waals surface area contributed by atoms with E-state index in [1.165, 1.54) is 12.3 Å². The van der Waals surface area contributed by atoms with Crippen LogP contribution in [0.3, 0.4) is 0 Å². The van der Waals surface area contributed by atoms with Crippen molar-refractivity contribution >= 4 is 22.9 Å². The van der Waals surface area contributed by atoms with E-state index >= 15 is 0 Å². The van der Waals surface area contributed by atoms with Crippen molar-refractivity contribution in [2.45, 2.75) is 12.7 Å². The van der Waals surface area contributed by atoms with Gasteiger partial charge in [0.25, 0.3) is 5.91 Å². The van der Waals surface area contributed by atoms with Crippen molar-refractivity contribution in [3.63, 3.8) is 0 Å². The lowest BCUT2D eigenvalue weighted by Crippen LogP contribution is -2.17. The van der Waals surface area contributed by atoms with E-state index in [-0.39, 0.29) is 30.4 Å². The number of benzene rings is 2. The van der Waals surface area contributed by atoms with E-state index in [4.69, 9.17) is 13.9 Å². The molecule has 31 heavy (non-hydrogen) atoms. The number of rotatable bonds is 4. The predicted molar refractivity (Wildman–Crippen MR) is 103 cm³/mol. The van der Waals surface area contributed by atoms with Crippen LogP contribution in [0.2, 0.25) is 0 Å². The molecule has 1 N–H and O–H groups in total. The number of imidazole rings is 1. The predicted octanol–water partition coefficient (Wildman–Crippen LogP) is 4.68. The van der Waals surface area contributed by atoms with E-state index in [1.54, 1.807) is 34.9 Å². The lowest BCUT2D eigenvalue weighted by molar-refractivity contribution is -0.137. The molecule has 0 spiro atoms. The van der Waals surface area contributed by atoms with Crippen LogP contribution in [0.5, 0.6) is 11.5 Å². The minimum Gasteiger partial charge on any atom is -0.467 e. The first-order valence-electron chi connectivity index (χ1n) is 9.20. The highest BCUT2D eigenvalue weighted by atomic mass is 19.4. The van der Waals surface area contributed by atoms with E-state index < -0.39 is 17.6 Å². The van der Waals surface area contributed by atoms with E-state index in [9.17, 15) is 18.0 Å². The zero-order valence-electron chi connectivity index (χ0n) is 15.8. The van der Waals surface area contributed by atoms with Crippen LogP contribution < -0.4 is 14.8 Å². The lowest BCUT2D eigenvalue weighted by atomic mass is 10.2. The van der Waals surface area contributed by atoms with Gasteiger partial charge in [-0.15, -0.1) is 0 Å². The summed E-state index contributed by atoms with van der Waals surface area (Å²) in [4.78, 5) is 17.2. The molecule has 2 aromatic carbocycles. The molecule has 4 aromatic rings. The van der Waals surface area contributed by atoms with Crippen molar-refractivity contribution in [3.8, 4) is 11.5 Å². The van der Waals surface area contributed by atoms with Crippen molar-refractivity contribution in [2.24, 2.45) is 0 Å². The van der Waals surface area contributed by atoms with Gasteiger partial charge in [0.1, 0.15) is 5.76 Å². The normalized spacial score (nSPS) is 13.0. The fourth-order valence-corrected chi connectivity index (χ4v) is 3.40. The van der Waals surface area contributed by atoms with Gasteiger partial charge < -0.3 is 18.5 Å². The standard InChI is InChI=1S/C21H14F3N3O4/c22-21(23,24)12-6-7-16-15(9-12)25-20(27(16)10-13-3-2-8-29-13)26-19(28)14-4-1-5-17-18(14)31-11-30-17/h1-9H,10-11H2,(H,25,26,28). The number of carbonyl (C=O) groups is 1. The van der Waals surface area contributed by atoms with Crippen molar-refractivity contribution in [1.29, 1.82) is 0 Å². The second-order valence-electron chi connectivity index (χ2n) is 6.80. The molecule has 5 rings (SSSR count). The fourth-order valence-electron chi connectivity index (χ4n) is 3.40. The molecule has 7 nitrogen and oxygen atoms in total. The molecular formula is C21H14F3N3O4. The van der Waals surface area contributed by atoms with E-state index in [2.05, 4.69) is 10.3 Å². The number of alkyl halides is 3. The highest BCUT2D eigenvalue weighted by Gasteiger charge is 2.31. The number of aromatic nitrogens is 2. The van der Waals surface area contributed by atoms with Crippen LogP contribution in [0.4, 0.5) is 19.1 Å². The van der Waals surface area contributed by atoms with Gasteiger partial charge in [0.15, 0.2) is 11.5 Å². The van der Waals surface area contributed by atoms with Crippen LogP contribution in [0, 0.1) is 0 Å². The number of para-hydroxylation sites is 1. The van der Waals surface area contributed by atoms with E-state index in [0.29, 0.717) is 22.8 Å². The van der Waals surface area contributed by atoms with Crippen LogP contribution in [0.15, 0.2) is 59.2 Å².